The quantitative estimate of drug-likeness (QED) is 0.621. The maximum absolute atomic E-state index is 13.0. The molecule has 0 unspecified atom stereocenters. The lowest BCUT2D eigenvalue weighted by Gasteiger charge is -2.35. The first-order chi connectivity index (χ1) is 15.3. The number of amides is 1. The smallest absolute Gasteiger partial charge is 0.416 e. The minimum atomic E-state index is -4.38. The second-order valence-corrected chi connectivity index (χ2v) is 7.15. The SMILES string of the molecule is COc1cc(/C=C\C(=O)N2CCN(c3cccc(C(F)(F)F)c3)CC2)cc(OC)c1OC. The van der Waals surface area contributed by atoms with Crippen molar-refractivity contribution in [2.75, 3.05) is 52.4 Å². The average Bonchev–Trinajstić information content (AvgIpc) is 2.81. The molecule has 0 N–H and O–H groups in total. The minimum Gasteiger partial charge on any atom is -0.493 e. The summed E-state index contributed by atoms with van der Waals surface area (Å²) in [6.07, 6.45) is -1.27. The standard InChI is InChI=1S/C23H25F3N2O4/c1-30-19-13-16(14-20(31-2)22(19)32-3)7-8-21(29)28-11-9-27(10-12-28)18-6-4-5-17(15-18)23(24,25)26/h4-8,13-15H,9-12H2,1-3H3/b8-7-. The normalized spacial score (nSPS) is 14.6. The highest BCUT2D eigenvalue weighted by Crippen LogP contribution is 2.38. The number of rotatable bonds is 6. The van der Waals surface area contributed by atoms with E-state index >= 15 is 0 Å². The van der Waals surface area contributed by atoms with Crippen molar-refractivity contribution < 1.29 is 32.2 Å². The van der Waals surface area contributed by atoms with E-state index in [1.165, 1.54) is 33.5 Å². The summed E-state index contributed by atoms with van der Waals surface area (Å²) in [5, 5.41) is 0. The molecule has 2 aromatic carbocycles. The predicted molar refractivity (Wildman–Crippen MR) is 115 cm³/mol. The zero-order valence-corrected chi connectivity index (χ0v) is 18.1. The molecule has 32 heavy (non-hydrogen) atoms. The number of hydrogen-bond acceptors (Lipinski definition) is 5. The van der Waals surface area contributed by atoms with Crippen LogP contribution in [0.1, 0.15) is 11.1 Å². The zero-order valence-electron chi connectivity index (χ0n) is 18.1. The van der Waals surface area contributed by atoms with Crippen LogP contribution in [0.15, 0.2) is 42.5 Å². The van der Waals surface area contributed by atoms with Gasteiger partial charge in [0.15, 0.2) is 11.5 Å². The van der Waals surface area contributed by atoms with Crippen LogP contribution in [0.4, 0.5) is 18.9 Å². The van der Waals surface area contributed by atoms with Crippen LogP contribution in [0.3, 0.4) is 0 Å². The Labute approximate surface area is 184 Å². The molecule has 9 heteroatoms. The Balaban J connectivity index is 1.64. The van der Waals surface area contributed by atoms with Gasteiger partial charge in [0.05, 0.1) is 26.9 Å². The Hall–Kier alpha value is -3.36. The molecule has 0 aromatic heterocycles. The van der Waals surface area contributed by atoms with Crippen molar-refractivity contribution in [1.29, 1.82) is 0 Å². The molecular weight excluding hydrogens is 425 g/mol. The third kappa shape index (κ3) is 5.27. The number of hydrogen-bond donors (Lipinski definition) is 0. The Kier molecular flexibility index (Phi) is 7.17. The molecule has 1 fully saturated rings. The van der Waals surface area contributed by atoms with E-state index in [4.69, 9.17) is 14.2 Å². The van der Waals surface area contributed by atoms with Crippen LogP contribution in [0.5, 0.6) is 17.2 Å². The lowest BCUT2D eigenvalue weighted by Crippen LogP contribution is -2.48. The summed E-state index contributed by atoms with van der Waals surface area (Å²) in [6.45, 7) is 1.72. The van der Waals surface area contributed by atoms with Crippen LogP contribution < -0.4 is 19.1 Å². The van der Waals surface area contributed by atoms with Gasteiger partial charge in [0, 0.05) is 37.9 Å². The number of carbonyl (C=O) groups is 1. The number of ether oxygens (including phenoxy) is 3. The minimum absolute atomic E-state index is 0.178. The molecular formula is C23H25F3N2O4. The molecule has 1 aliphatic heterocycles. The number of alkyl halides is 3. The van der Waals surface area contributed by atoms with Gasteiger partial charge in [-0.15, -0.1) is 0 Å². The van der Waals surface area contributed by atoms with Gasteiger partial charge in [-0.25, -0.2) is 0 Å². The van der Waals surface area contributed by atoms with Crippen molar-refractivity contribution in [3.8, 4) is 17.2 Å². The number of benzene rings is 2. The second kappa shape index (κ2) is 9.84. The number of methoxy groups -OCH3 is 3. The summed E-state index contributed by atoms with van der Waals surface area (Å²) in [6, 6.07) is 8.71. The van der Waals surface area contributed by atoms with E-state index < -0.39 is 11.7 Å². The number of piperazine rings is 1. The number of carbonyl (C=O) groups excluding carboxylic acids is 1. The topological polar surface area (TPSA) is 51.2 Å². The summed E-state index contributed by atoms with van der Waals surface area (Å²) >= 11 is 0. The Morgan fingerprint density at radius 1 is 0.938 bits per heavy atom. The van der Waals surface area contributed by atoms with Gasteiger partial charge in [-0.2, -0.15) is 13.2 Å². The van der Waals surface area contributed by atoms with Gasteiger partial charge in [0.2, 0.25) is 11.7 Å². The third-order valence-corrected chi connectivity index (χ3v) is 5.24. The van der Waals surface area contributed by atoms with Crippen LogP contribution >= 0.6 is 0 Å². The summed E-state index contributed by atoms with van der Waals surface area (Å²) in [7, 11) is 4.54. The van der Waals surface area contributed by atoms with Crippen molar-refractivity contribution in [3.05, 3.63) is 53.6 Å². The highest BCUT2D eigenvalue weighted by molar-refractivity contribution is 5.92. The number of nitrogens with zero attached hydrogens (tertiary/aromatic N) is 2. The first-order valence-corrected chi connectivity index (χ1v) is 9.96. The molecule has 1 aliphatic rings. The molecule has 1 heterocycles. The summed E-state index contributed by atoms with van der Waals surface area (Å²) in [4.78, 5) is 16.1. The predicted octanol–water partition coefficient (Wildman–Crippen LogP) is 4.09. The monoisotopic (exact) mass is 450 g/mol. The molecule has 0 spiro atoms. The van der Waals surface area contributed by atoms with Crippen molar-refractivity contribution in [3.63, 3.8) is 0 Å². The lowest BCUT2D eigenvalue weighted by molar-refractivity contribution is -0.137. The zero-order chi connectivity index (χ0) is 23.3. The van der Waals surface area contributed by atoms with E-state index in [1.807, 2.05) is 4.90 Å². The van der Waals surface area contributed by atoms with Crippen LogP contribution in [0.2, 0.25) is 0 Å². The van der Waals surface area contributed by atoms with Gasteiger partial charge in [0.25, 0.3) is 0 Å². The molecule has 3 rings (SSSR count). The van der Waals surface area contributed by atoms with Gasteiger partial charge in [-0.1, -0.05) is 6.07 Å². The van der Waals surface area contributed by atoms with Gasteiger partial charge in [-0.05, 0) is 42.0 Å². The van der Waals surface area contributed by atoms with Crippen molar-refractivity contribution in [2.45, 2.75) is 6.18 Å². The molecule has 6 nitrogen and oxygen atoms in total. The molecule has 0 saturated carbocycles. The molecule has 0 bridgehead atoms. The lowest BCUT2D eigenvalue weighted by atomic mass is 10.1. The Bertz CT molecular complexity index is 958. The Morgan fingerprint density at radius 3 is 2.09 bits per heavy atom. The van der Waals surface area contributed by atoms with Crippen molar-refractivity contribution in [2.24, 2.45) is 0 Å². The summed E-state index contributed by atoms with van der Waals surface area (Å²) in [5.74, 6) is 1.24. The Morgan fingerprint density at radius 2 is 1.56 bits per heavy atom. The van der Waals surface area contributed by atoms with E-state index in [-0.39, 0.29) is 5.91 Å². The summed E-state index contributed by atoms with van der Waals surface area (Å²) in [5.41, 5.74) is 0.525. The summed E-state index contributed by atoms with van der Waals surface area (Å²) < 4.78 is 54.8. The van der Waals surface area contributed by atoms with E-state index in [0.29, 0.717) is 54.7 Å². The van der Waals surface area contributed by atoms with Crippen molar-refractivity contribution >= 4 is 17.7 Å². The van der Waals surface area contributed by atoms with Gasteiger partial charge < -0.3 is 24.0 Å². The molecule has 0 radical (unpaired) electrons. The fourth-order valence-electron chi connectivity index (χ4n) is 3.53. The third-order valence-electron chi connectivity index (χ3n) is 5.24. The molecule has 0 aliphatic carbocycles. The number of halogens is 3. The fourth-order valence-corrected chi connectivity index (χ4v) is 3.53. The van der Waals surface area contributed by atoms with Gasteiger partial charge in [-0.3, -0.25) is 4.79 Å². The van der Waals surface area contributed by atoms with Crippen LogP contribution in [-0.4, -0.2) is 58.3 Å². The van der Waals surface area contributed by atoms with Crippen LogP contribution in [0.25, 0.3) is 6.08 Å². The molecule has 0 atom stereocenters. The maximum atomic E-state index is 13.0. The number of anilines is 1. The van der Waals surface area contributed by atoms with Gasteiger partial charge >= 0.3 is 6.18 Å². The first kappa shape index (κ1) is 23.3. The highest BCUT2D eigenvalue weighted by atomic mass is 19.4. The van der Waals surface area contributed by atoms with Crippen LogP contribution in [-0.2, 0) is 11.0 Å². The maximum Gasteiger partial charge on any atom is 0.416 e. The van der Waals surface area contributed by atoms with Crippen molar-refractivity contribution in [1.82, 2.24) is 4.90 Å². The largest absolute Gasteiger partial charge is 0.493 e. The first-order valence-electron chi connectivity index (χ1n) is 9.96. The fraction of sp³-hybridized carbons (Fsp3) is 0.348. The molecule has 1 saturated heterocycles. The van der Waals surface area contributed by atoms with Gasteiger partial charge in [0.1, 0.15) is 0 Å². The van der Waals surface area contributed by atoms with E-state index in [0.717, 1.165) is 12.1 Å². The molecule has 172 valence electrons. The molecule has 1 amide bonds. The van der Waals surface area contributed by atoms with E-state index in [2.05, 4.69) is 0 Å². The van der Waals surface area contributed by atoms with Crippen LogP contribution in [0, 0.1) is 0 Å². The molecule has 2 aromatic rings. The van der Waals surface area contributed by atoms with E-state index in [1.54, 1.807) is 29.2 Å². The second-order valence-electron chi connectivity index (χ2n) is 7.15. The highest BCUT2D eigenvalue weighted by Gasteiger charge is 2.31. The van der Waals surface area contributed by atoms with E-state index in [9.17, 15) is 18.0 Å². The average molecular weight is 450 g/mol.